The second-order valence-electron chi connectivity index (χ2n) is 17.0. The van der Waals surface area contributed by atoms with Gasteiger partial charge < -0.3 is 14.6 Å². The van der Waals surface area contributed by atoms with E-state index in [1.54, 1.807) is 28.6 Å². The molecule has 0 bridgehead atoms. The first-order chi connectivity index (χ1) is 29.1. The Bertz CT molecular complexity index is 2450. The predicted molar refractivity (Wildman–Crippen MR) is 217 cm³/mol. The molecule has 9 rings (SSSR count). The lowest BCUT2D eigenvalue weighted by atomic mass is 9.94. The number of amides is 3. The fourth-order valence-corrected chi connectivity index (χ4v) is 9.11. The highest BCUT2D eigenvalue weighted by Crippen LogP contribution is 2.34. The highest BCUT2D eigenvalue weighted by atomic mass is 19.3. The molecule has 0 radical (unpaired) electrons. The number of pyridine rings is 1. The molecule has 7 heterocycles. The largest absolute Gasteiger partial charge is 0.444 e. The SMILES string of the molecule is Cn1c(=O)n(C2CCC(=O)NC2=O)c2ccc(CN3CCC(CN4CCC(n5cc(NC(=O)c6coc(-c7ccnc(CCC8CC8)c7)n6)c(C(F)F)n5)CC4)CC3)cc21. The monoisotopic (exact) mass is 824 g/mol. The van der Waals surface area contributed by atoms with Crippen molar-refractivity contribution < 1.29 is 27.6 Å². The van der Waals surface area contributed by atoms with Crippen molar-refractivity contribution in [2.24, 2.45) is 18.9 Å². The number of nitrogens with one attached hydrogen (secondary N) is 2. The Hall–Kier alpha value is -5.55. The normalized spacial score (nSPS) is 20.0. The number of aryl methyl sites for hydroxylation is 2. The number of aromatic nitrogens is 6. The zero-order chi connectivity index (χ0) is 41.5. The number of oxazole rings is 1. The van der Waals surface area contributed by atoms with E-state index in [9.17, 15) is 28.0 Å². The molecule has 316 valence electrons. The zero-order valence-electron chi connectivity index (χ0n) is 33.7. The van der Waals surface area contributed by atoms with Crippen LogP contribution in [0.2, 0.25) is 0 Å². The minimum absolute atomic E-state index is 0.0118. The van der Waals surface area contributed by atoms with E-state index in [4.69, 9.17) is 4.42 Å². The standard InChI is InChI=1S/C43H50F2N10O5/c1-51-36-20-28(5-7-34(36)55(43(51)59)35-8-9-37(56)49-41(35)58)23-52-16-11-27(12-17-52)22-53-18-13-31(14-19-53)54-24-32(38(50-54)39(44)45)47-40(57)33-25-60-42(48-33)29-10-15-46-30(21-29)6-4-26-2-3-26/h5,7,10,15,20-21,24-27,31,35,39H,2-4,6,8-9,11-14,16-19,22-23H2,1H3,(H,47,57)(H,49,56,58). The quantitative estimate of drug-likeness (QED) is 0.142. The van der Waals surface area contributed by atoms with Gasteiger partial charge in [-0.15, -0.1) is 0 Å². The number of carbonyl (C=O) groups excluding carboxylic acids is 3. The number of carbonyl (C=O) groups is 3. The number of fused-ring (bicyclic) bond motifs is 1. The number of hydrogen-bond donors (Lipinski definition) is 2. The minimum atomic E-state index is -2.87. The van der Waals surface area contributed by atoms with Crippen LogP contribution in [0.25, 0.3) is 22.5 Å². The van der Waals surface area contributed by atoms with Gasteiger partial charge >= 0.3 is 5.69 Å². The lowest BCUT2D eigenvalue weighted by Gasteiger charge is -2.37. The number of nitrogens with zero attached hydrogens (tertiary/aromatic N) is 8. The molecule has 1 aliphatic carbocycles. The van der Waals surface area contributed by atoms with Crippen molar-refractivity contribution >= 4 is 34.4 Å². The molecule has 4 fully saturated rings. The number of piperidine rings is 3. The smallest absolute Gasteiger partial charge is 0.329 e. The van der Waals surface area contributed by atoms with Crippen LogP contribution in [0, 0.1) is 11.8 Å². The summed E-state index contributed by atoms with van der Waals surface area (Å²) in [5.41, 5.74) is 3.39. The second-order valence-corrected chi connectivity index (χ2v) is 17.0. The van der Waals surface area contributed by atoms with E-state index in [2.05, 4.69) is 35.5 Å². The van der Waals surface area contributed by atoms with Crippen molar-refractivity contribution in [1.82, 2.24) is 44.0 Å². The molecule has 60 heavy (non-hydrogen) atoms. The highest BCUT2D eigenvalue weighted by Gasteiger charge is 2.32. The number of imidazole rings is 1. The van der Waals surface area contributed by atoms with Gasteiger partial charge in [-0.05, 0) is 99.7 Å². The number of alkyl halides is 2. The zero-order valence-corrected chi connectivity index (χ0v) is 33.7. The van der Waals surface area contributed by atoms with Crippen molar-refractivity contribution in [2.45, 2.75) is 89.3 Å². The molecule has 1 saturated carbocycles. The topological polar surface area (TPSA) is 165 Å². The highest BCUT2D eigenvalue weighted by molar-refractivity contribution is 6.03. The molecule has 3 saturated heterocycles. The van der Waals surface area contributed by atoms with Gasteiger partial charge in [-0.2, -0.15) is 5.10 Å². The van der Waals surface area contributed by atoms with E-state index in [-0.39, 0.29) is 41.3 Å². The summed E-state index contributed by atoms with van der Waals surface area (Å²) in [4.78, 5) is 64.3. The molecular weight excluding hydrogens is 775 g/mol. The fraction of sp³-hybridized carbons (Fsp3) is 0.512. The minimum Gasteiger partial charge on any atom is -0.444 e. The Balaban J connectivity index is 0.753. The molecule has 2 N–H and O–H groups in total. The lowest BCUT2D eigenvalue weighted by Crippen LogP contribution is -2.44. The van der Waals surface area contributed by atoms with Gasteiger partial charge in [0.05, 0.1) is 22.8 Å². The maximum atomic E-state index is 14.2. The molecule has 3 aliphatic heterocycles. The molecule has 15 nitrogen and oxygen atoms in total. The Morgan fingerprint density at radius 3 is 2.48 bits per heavy atom. The average Bonchev–Trinajstić information content (AvgIpc) is 3.66. The van der Waals surface area contributed by atoms with Crippen LogP contribution in [0.4, 0.5) is 14.5 Å². The summed E-state index contributed by atoms with van der Waals surface area (Å²) in [6.07, 6.45) is 10.2. The van der Waals surface area contributed by atoms with Crippen molar-refractivity contribution in [3.63, 3.8) is 0 Å². The van der Waals surface area contributed by atoms with E-state index in [1.807, 2.05) is 24.3 Å². The van der Waals surface area contributed by atoms with Crippen LogP contribution in [-0.2, 0) is 29.6 Å². The first-order valence-corrected chi connectivity index (χ1v) is 21.1. The van der Waals surface area contributed by atoms with Crippen LogP contribution < -0.4 is 16.3 Å². The van der Waals surface area contributed by atoms with E-state index in [0.29, 0.717) is 23.4 Å². The van der Waals surface area contributed by atoms with Crippen molar-refractivity contribution in [1.29, 1.82) is 0 Å². The summed E-state index contributed by atoms with van der Waals surface area (Å²) >= 11 is 0. The third-order valence-corrected chi connectivity index (χ3v) is 12.8. The van der Waals surface area contributed by atoms with Gasteiger partial charge in [0.15, 0.2) is 11.4 Å². The number of halogens is 2. The van der Waals surface area contributed by atoms with Crippen molar-refractivity contribution in [2.75, 3.05) is 38.0 Å². The van der Waals surface area contributed by atoms with E-state index in [1.165, 1.54) is 29.9 Å². The maximum absolute atomic E-state index is 14.2. The van der Waals surface area contributed by atoms with E-state index >= 15 is 0 Å². The van der Waals surface area contributed by atoms with Crippen LogP contribution in [-0.4, -0.2) is 89.1 Å². The number of benzene rings is 1. The molecule has 5 aromatic rings. The summed E-state index contributed by atoms with van der Waals surface area (Å²) in [5, 5.41) is 9.21. The van der Waals surface area contributed by atoms with Gasteiger partial charge in [-0.25, -0.2) is 18.6 Å². The summed E-state index contributed by atoms with van der Waals surface area (Å²) in [6, 6.07) is 8.86. The van der Waals surface area contributed by atoms with Crippen LogP contribution >= 0.6 is 0 Å². The fourth-order valence-electron chi connectivity index (χ4n) is 9.11. The molecule has 1 unspecified atom stereocenters. The summed E-state index contributed by atoms with van der Waals surface area (Å²) in [5.74, 6) is 0.192. The summed E-state index contributed by atoms with van der Waals surface area (Å²) in [6.45, 7) is 5.29. The average molecular weight is 825 g/mol. The molecule has 3 amide bonds. The van der Waals surface area contributed by atoms with Crippen LogP contribution in [0.5, 0.6) is 0 Å². The molecule has 1 atom stereocenters. The molecule has 4 aromatic heterocycles. The first kappa shape index (κ1) is 39.9. The van der Waals surface area contributed by atoms with Gasteiger partial charge in [0.1, 0.15) is 12.3 Å². The third kappa shape index (κ3) is 8.55. The molecule has 0 spiro atoms. The molecule has 17 heteroatoms. The molecule has 4 aliphatic rings. The van der Waals surface area contributed by atoms with Gasteiger partial charge in [-0.1, -0.05) is 18.9 Å². The van der Waals surface area contributed by atoms with Gasteiger partial charge in [0, 0.05) is 63.3 Å². The Labute approximate surface area is 345 Å². The van der Waals surface area contributed by atoms with Crippen LogP contribution in [0.1, 0.15) is 104 Å². The second kappa shape index (κ2) is 16.8. The summed E-state index contributed by atoms with van der Waals surface area (Å²) in [7, 11) is 1.71. The van der Waals surface area contributed by atoms with E-state index < -0.39 is 30.0 Å². The number of rotatable bonds is 13. The number of hydrogen-bond acceptors (Lipinski definition) is 10. The van der Waals surface area contributed by atoms with Crippen molar-refractivity contribution in [3.8, 4) is 11.5 Å². The number of anilines is 1. The summed E-state index contributed by atoms with van der Waals surface area (Å²) < 4.78 is 38.6. The number of imide groups is 1. The van der Waals surface area contributed by atoms with Gasteiger partial charge in [0.2, 0.25) is 17.7 Å². The number of likely N-dealkylation sites (tertiary alicyclic amines) is 2. The predicted octanol–water partition coefficient (Wildman–Crippen LogP) is 5.65. The molecule has 1 aromatic carbocycles. The lowest BCUT2D eigenvalue weighted by molar-refractivity contribution is -0.135. The first-order valence-electron chi connectivity index (χ1n) is 21.1. The van der Waals surface area contributed by atoms with Crippen LogP contribution in [0.3, 0.4) is 0 Å². The Morgan fingerprint density at radius 2 is 1.73 bits per heavy atom. The van der Waals surface area contributed by atoms with Gasteiger partial charge in [-0.3, -0.25) is 43.4 Å². The Morgan fingerprint density at radius 1 is 0.950 bits per heavy atom. The Kier molecular flexibility index (Phi) is 11.2. The molecular formula is C43H50F2N10O5. The van der Waals surface area contributed by atoms with Gasteiger partial charge in [0.25, 0.3) is 12.3 Å². The van der Waals surface area contributed by atoms with Crippen LogP contribution in [0.15, 0.2) is 58.2 Å². The van der Waals surface area contributed by atoms with Crippen molar-refractivity contribution in [3.05, 3.63) is 82.1 Å². The van der Waals surface area contributed by atoms with E-state index in [0.717, 1.165) is 100 Å². The maximum Gasteiger partial charge on any atom is 0.329 e. The third-order valence-electron chi connectivity index (χ3n) is 12.8.